The van der Waals surface area contributed by atoms with Crippen molar-refractivity contribution in [3.63, 3.8) is 0 Å². The van der Waals surface area contributed by atoms with Gasteiger partial charge in [-0.25, -0.2) is 0 Å². The Labute approximate surface area is 198 Å². The first-order chi connectivity index (χ1) is 15.8. The lowest BCUT2D eigenvalue weighted by Crippen LogP contribution is -2.31. The van der Waals surface area contributed by atoms with Crippen LogP contribution in [-0.2, 0) is 12.4 Å². The van der Waals surface area contributed by atoms with E-state index >= 15 is 0 Å². The summed E-state index contributed by atoms with van der Waals surface area (Å²) in [5.41, 5.74) is -1.96. The lowest BCUT2D eigenvalue weighted by atomic mass is 10.0. The number of anilines is 2. The van der Waals surface area contributed by atoms with Gasteiger partial charge >= 0.3 is 12.4 Å². The maximum atomic E-state index is 13.1. The number of aromatic nitrogens is 2. The van der Waals surface area contributed by atoms with E-state index in [1.54, 1.807) is 24.3 Å². The van der Waals surface area contributed by atoms with E-state index in [1.807, 2.05) is 0 Å². The molecular formula is C20H15F6N5OS2. The number of nitrogens with zero attached hydrogens (tertiary/aromatic N) is 2. The lowest BCUT2D eigenvalue weighted by molar-refractivity contribution is -0.143. The van der Waals surface area contributed by atoms with Crippen molar-refractivity contribution in [1.29, 1.82) is 0 Å². The summed E-state index contributed by atoms with van der Waals surface area (Å²) in [6.45, 7) is 1.38. The Morgan fingerprint density at radius 3 is 1.94 bits per heavy atom. The Bertz CT molecular complexity index is 1130. The molecule has 0 saturated heterocycles. The molecule has 2 aromatic carbocycles. The maximum absolute atomic E-state index is 13.1. The number of carbonyl (C=O) groups excluding carboxylic acids is 1. The number of alkyl halides is 6. The lowest BCUT2D eigenvalue weighted by Gasteiger charge is -2.20. The topological polar surface area (TPSA) is 78.9 Å². The molecule has 34 heavy (non-hydrogen) atoms. The predicted octanol–water partition coefficient (Wildman–Crippen LogP) is 5.88. The van der Waals surface area contributed by atoms with Crippen LogP contribution in [0.3, 0.4) is 0 Å². The molecule has 3 N–H and O–H groups in total. The first kappa shape index (κ1) is 25.4. The van der Waals surface area contributed by atoms with E-state index in [9.17, 15) is 31.1 Å². The van der Waals surface area contributed by atoms with Crippen LogP contribution in [0.25, 0.3) is 0 Å². The second-order valence-electron chi connectivity index (χ2n) is 6.98. The van der Waals surface area contributed by atoms with E-state index in [1.165, 1.54) is 12.3 Å². The normalized spacial score (nSPS) is 12.7. The van der Waals surface area contributed by atoms with Gasteiger partial charge in [0.25, 0.3) is 5.91 Å². The summed E-state index contributed by atoms with van der Waals surface area (Å²) < 4.78 is 82.1. The first-order valence-electron chi connectivity index (χ1n) is 9.38. The molecule has 6 nitrogen and oxygen atoms in total. The van der Waals surface area contributed by atoms with Gasteiger partial charge in [0.1, 0.15) is 0 Å². The van der Waals surface area contributed by atoms with Crippen molar-refractivity contribution in [2.75, 3.05) is 10.6 Å². The van der Waals surface area contributed by atoms with Gasteiger partial charge in [-0.3, -0.25) is 4.79 Å². The van der Waals surface area contributed by atoms with Gasteiger partial charge in [-0.1, -0.05) is 4.49 Å². The Kier molecular flexibility index (Phi) is 7.41. The summed E-state index contributed by atoms with van der Waals surface area (Å²) in [6, 6.07) is 6.66. The molecule has 3 rings (SSSR count). The molecule has 0 fully saturated rings. The summed E-state index contributed by atoms with van der Waals surface area (Å²) in [7, 11) is 0. The van der Waals surface area contributed by atoms with Crippen LogP contribution >= 0.6 is 23.8 Å². The molecule has 1 aromatic heterocycles. The second kappa shape index (κ2) is 9.93. The van der Waals surface area contributed by atoms with Crippen LogP contribution in [0.4, 0.5) is 37.7 Å². The maximum Gasteiger partial charge on any atom is 0.416 e. The largest absolute Gasteiger partial charge is 0.416 e. The molecule has 0 aliphatic heterocycles. The molecule has 0 saturated carbocycles. The number of benzene rings is 2. The third kappa shape index (κ3) is 6.63. The van der Waals surface area contributed by atoms with Gasteiger partial charge in [-0.05, 0) is 78.7 Å². The van der Waals surface area contributed by atoms with Crippen LogP contribution in [0.15, 0.2) is 47.8 Å². The van der Waals surface area contributed by atoms with Crippen molar-refractivity contribution >= 4 is 46.1 Å². The number of nitrogens with one attached hydrogen (secondary N) is 3. The van der Waals surface area contributed by atoms with Gasteiger partial charge in [0, 0.05) is 16.8 Å². The van der Waals surface area contributed by atoms with E-state index in [0.717, 1.165) is 11.5 Å². The number of rotatable bonds is 5. The fourth-order valence-electron chi connectivity index (χ4n) is 2.77. The van der Waals surface area contributed by atoms with Crippen LogP contribution in [-0.4, -0.2) is 20.6 Å². The zero-order chi connectivity index (χ0) is 25.1. The number of hydrogen-bond donors (Lipinski definition) is 3. The molecule has 1 atom stereocenters. The second-order valence-corrected chi connectivity index (χ2v) is 8.00. The average molecular weight is 519 g/mol. The Morgan fingerprint density at radius 1 is 0.941 bits per heavy atom. The molecule has 0 bridgehead atoms. The number of hydrogen-bond acceptors (Lipinski definition) is 5. The first-order valence-corrected chi connectivity index (χ1v) is 10.6. The highest BCUT2D eigenvalue weighted by molar-refractivity contribution is 7.80. The number of amides is 1. The van der Waals surface area contributed by atoms with Gasteiger partial charge in [-0.15, -0.1) is 5.10 Å². The van der Waals surface area contributed by atoms with Crippen molar-refractivity contribution < 1.29 is 31.1 Å². The smallest absolute Gasteiger partial charge is 0.356 e. The molecule has 0 spiro atoms. The average Bonchev–Trinajstić information content (AvgIpc) is 3.28. The standard InChI is InChI=1S/C20H15F6N5OS2/c1-10(11-6-12(19(21,22)23)8-13(7-11)20(24,25)26)27-18(33)29-15-4-2-14(3-5-15)28-17(32)16-9-34-31-30-16/h2-10H,1H3,(H,28,32)(H2,27,29,33)/t10-/m0/s1. The molecule has 0 aliphatic carbocycles. The fraction of sp³-hybridized carbons (Fsp3) is 0.200. The van der Waals surface area contributed by atoms with Crippen molar-refractivity contribution in [1.82, 2.24) is 14.9 Å². The van der Waals surface area contributed by atoms with Crippen LogP contribution < -0.4 is 16.0 Å². The number of thiocarbonyl (C=S) groups is 1. The van der Waals surface area contributed by atoms with E-state index in [2.05, 4.69) is 25.5 Å². The van der Waals surface area contributed by atoms with Gasteiger partial charge in [0.05, 0.1) is 17.2 Å². The van der Waals surface area contributed by atoms with Crippen molar-refractivity contribution in [2.24, 2.45) is 0 Å². The van der Waals surface area contributed by atoms with Gasteiger partial charge < -0.3 is 16.0 Å². The van der Waals surface area contributed by atoms with E-state index < -0.39 is 35.4 Å². The van der Waals surface area contributed by atoms with Crippen LogP contribution in [0.2, 0.25) is 0 Å². The zero-order valence-corrected chi connectivity index (χ0v) is 18.7. The van der Waals surface area contributed by atoms with Crippen LogP contribution in [0.1, 0.15) is 40.1 Å². The van der Waals surface area contributed by atoms with Crippen molar-refractivity contribution in [3.8, 4) is 0 Å². The Morgan fingerprint density at radius 2 is 1.47 bits per heavy atom. The molecule has 0 unspecified atom stereocenters. The molecule has 1 heterocycles. The highest BCUT2D eigenvalue weighted by Crippen LogP contribution is 2.37. The van der Waals surface area contributed by atoms with Crippen molar-refractivity contribution in [2.45, 2.75) is 25.3 Å². The molecule has 1 amide bonds. The summed E-state index contributed by atoms with van der Waals surface area (Å²) in [4.78, 5) is 12.0. The molecule has 0 radical (unpaired) electrons. The number of halogens is 6. The minimum atomic E-state index is -4.94. The zero-order valence-electron chi connectivity index (χ0n) is 17.1. The summed E-state index contributed by atoms with van der Waals surface area (Å²) >= 11 is 6.16. The fourth-order valence-corrected chi connectivity index (χ4v) is 3.50. The third-order valence-corrected chi connectivity index (χ3v) is 5.18. The minimum absolute atomic E-state index is 0.0243. The van der Waals surface area contributed by atoms with Gasteiger partial charge in [0.15, 0.2) is 10.8 Å². The van der Waals surface area contributed by atoms with Gasteiger partial charge in [-0.2, -0.15) is 26.3 Å². The summed E-state index contributed by atoms with van der Waals surface area (Å²) in [5, 5.41) is 13.2. The van der Waals surface area contributed by atoms with Gasteiger partial charge in [0.2, 0.25) is 0 Å². The highest BCUT2D eigenvalue weighted by atomic mass is 32.1. The SMILES string of the molecule is C[C@H](NC(=S)Nc1ccc(NC(=O)c2csnn2)cc1)c1cc(C(F)(F)F)cc(C(F)(F)F)c1. The molecule has 0 aliphatic rings. The molecule has 14 heteroatoms. The molecule has 180 valence electrons. The molecule has 3 aromatic rings. The van der Waals surface area contributed by atoms with Crippen LogP contribution in [0.5, 0.6) is 0 Å². The monoisotopic (exact) mass is 519 g/mol. The van der Waals surface area contributed by atoms with E-state index in [4.69, 9.17) is 12.2 Å². The van der Waals surface area contributed by atoms with E-state index in [-0.39, 0.29) is 22.4 Å². The number of carbonyl (C=O) groups is 1. The summed E-state index contributed by atoms with van der Waals surface area (Å²) in [5.74, 6) is -0.445. The minimum Gasteiger partial charge on any atom is -0.356 e. The third-order valence-electron chi connectivity index (χ3n) is 4.45. The quantitative estimate of drug-likeness (QED) is 0.289. The Hall–Kier alpha value is -3.26. The van der Waals surface area contributed by atoms with Crippen LogP contribution in [0, 0.1) is 0 Å². The van der Waals surface area contributed by atoms with E-state index in [0.29, 0.717) is 23.5 Å². The summed E-state index contributed by atoms with van der Waals surface area (Å²) in [6.07, 6.45) is -9.89. The van der Waals surface area contributed by atoms with Crippen molar-refractivity contribution in [3.05, 3.63) is 70.2 Å². The molecular weight excluding hydrogens is 504 g/mol. The predicted molar refractivity (Wildman–Crippen MR) is 119 cm³/mol. The highest BCUT2D eigenvalue weighted by Gasteiger charge is 2.37. The Balaban J connectivity index is 1.66.